The molecule has 2 heteroatoms. The van der Waals surface area contributed by atoms with E-state index in [2.05, 4.69) is 240 Å². The molecule has 10 aromatic carbocycles. The van der Waals surface area contributed by atoms with E-state index in [0.29, 0.717) is 0 Å². The van der Waals surface area contributed by atoms with E-state index in [0.717, 1.165) is 24.2 Å². The summed E-state index contributed by atoms with van der Waals surface area (Å²) in [6, 6.07) is 80.1. The van der Waals surface area contributed by atoms with Crippen LogP contribution < -0.4 is 4.90 Å². The van der Waals surface area contributed by atoms with Gasteiger partial charge < -0.3 is 9.47 Å². The number of nitrogens with zero attached hydrogens (tertiary/aromatic N) is 2. The van der Waals surface area contributed by atoms with Crippen LogP contribution in [0.3, 0.4) is 0 Å². The lowest BCUT2D eigenvalue weighted by molar-refractivity contribution is 1.01. The molecule has 0 fully saturated rings. The Morgan fingerprint density at radius 2 is 0.952 bits per heavy atom. The van der Waals surface area contributed by atoms with Gasteiger partial charge in [0.05, 0.1) is 16.7 Å². The number of para-hydroxylation sites is 2. The lowest BCUT2D eigenvalue weighted by atomic mass is 9.93. The van der Waals surface area contributed by atoms with Gasteiger partial charge in [0.1, 0.15) is 0 Å². The lowest BCUT2D eigenvalue weighted by Crippen LogP contribution is -2.17. The first-order valence-electron chi connectivity index (χ1n) is 21.6. The van der Waals surface area contributed by atoms with Crippen molar-refractivity contribution in [3.63, 3.8) is 0 Å². The van der Waals surface area contributed by atoms with Crippen LogP contribution in [-0.2, 0) is 0 Å². The highest BCUT2D eigenvalue weighted by atomic mass is 15.1. The molecule has 2 nitrogen and oxygen atoms in total. The van der Waals surface area contributed by atoms with Crippen molar-refractivity contribution in [1.82, 2.24) is 4.57 Å². The van der Waals surface area contributed by atoms with Crippen molar-refractivity contribution >= 4 is 71.1 Å². The van der Waals surface area contributed by atoms with Crippen molar-refractivity contribution in [2.75, 3.05) is 4.90 Å². The fourth-order valence-electron chi connectivity index (χ4n) is 9.87. The minimum Gasteiger partial charge on any atom is -0.311 e. The number of hydrogen-bond acceptors (Lipinski definition) is 1. The van der Waals surface area contributed by atoms with Gasteiger partial charge >= 0.3 is 0 Å². The molecule has 0 amide bonds. The van der Waals surface area contributed by atoms with Crippen LogP contribution in [0.15, 0.2) is 236 Å². The van der Waals surface area contributed by atoms with Crippen LogP contribution >= 0.6 is 0 Å². The average Bonchev–Trinajstić information content (AvgIpc) is 3.66. The highest BCUT2D eigenvalue weighted by Crippen LogP contribution is 2.42. The molecule has 1 aromatic heterocycles. The first-order chi connectivity index (χ1) is 30.7. The highest BCUT2D eigenvalue weighted by molar-refractivity contribution is 6.15. The minimum absolute atomic E-state index is 0.979. The van der Waals surface area contributed by atoms with E-state index in [-0.39, 0.29) is 0 Å². The Kier molecular flexibility index (Phi) is 8.67. The summed E-state index contributed by atoms with van der Waals surface area (Å²) in [7, 11) is 0. The van der Waals surface area contributed by atoms with Gasteiger partial charge in [0.2, 0.25) is 0 Å². The summed E-state index contributed by atoms with van der Waals surface area (Å²) in [6.45, 7) is 0. The molecule has 0 radical (unpaired) electrons. The maximum absolute atomic E-state index is 2.45. The molecule has 0 spiro atoms. The summed E-state index contributed by atoms with van der Waals surface area (Å²) < 4.78 is 2.45. The minimum atomic E-state index is 0.979. The number of fused-ring (bicyclic) bond motifs is 7. The summed E-state index contributed by atoms with van der Waals surface area (Å²) in [5.74, 6) is 0. The molecule has 292 valence electrons. The van der Waals surface area contributed by atoms with Crippen LogP contribution in [0.25, 0.3) is 87.6 Å². The Bertz CT molecular complexity index is 3550. The number of hydrogen-bond donors (Lipinski definition) is 0. The number of benzene rings is 10. The summed E-state index contributed by atoms with van der Waals surface area (Å²) in [5.41, 5.74) is 14.5. The van der Waals surface area contributed by atoms with Crippen LogP contribution in [0.5, 0.6) is 0 Å². The van der Waals surface area contributed by atoms with Gasteiger partial charge in [-0.25, -0.2) is 0 Å². The van der Waals surface area contributed by atoms with E-state index in [1.54, 1.807) is 0 Å². The molecule has 0 N–H and O–H groups in total. The van der Waals surface area contributed by atoms with Gasteiger partial charge in [-0.15, -0.1) is 0 Å². The van der Waals surface area contributed by atoms with Crippen LogP contribution in [0.1, 0.15) is 18.4 Å². The van der Waals surface area contributed by atoms with E-state index in [9.17, 15) is 0 Å². The van der Waals surface area contributed by atoms with Crippen molar-refractivity contribution in [3.8, 4) is 27.9 Å². The fraction of sp³-hybridized carbons (Fsp3) is 0.0333. The molecule has 12 rings (SSSR count). The summed E-state index contributed by atoms with van der Waals surface area (Å²) >= 11 is 0. The third-order valence-electron chi connectivity index (χ3n) is 12.8. The fourth-order valence-corrected chi connectivity index (χ4v) is 9.87. The molecule has 0 unspecified atom stereocenters. The SMILES string of the molecule is C1=C(c2ccccc2)CCC=C1N(c1ccc(-c2ccccc2-n2c3ccccc3c3cc4ccccc4cc32)cc1)c1ccc(-c2cc3ccccc3c3ccccc23)cc1. The molecule has 0 saturated heterocycles. The van der Waals surface area contributed by atoms with E-state index < -0.39 is 0 Å². The zero-order chi connectivity index (χ0) is 41.0. The third kappa shape index (κ3) is 6.11. The summed E-state index contributed by atoms with van der Waals surface area (Å²) in [6.07, 6.45) is 6.78. The van der Waals surface area contributed by atoms with Gasteiger partial charge in [-0.1, -0.05) is 170 Å². The monoisotopic (exact) mass is 790 g/mol. The average molecular weight is 791 g/mol. The predicted octanol–water partition coefficient (Wildman–Crippen LogP) is 16.5. The first-order valence-corrected chi connectivity index (χ1v) is 21.6. The Morgan fingerprint density at radius 1 is 0.371 bits per heavy atom. The van der Waals surface area contributed by atoms with Gasteiger partial charge in [0, 0.05) is 33.4 Å². The van der Waals surface area contributed by atoms with E-state index in [1.165, 1.54) is 98.9 Å². The Balaban J connectivity index is 0.972. The predicted molar refractivity (Wildman–Crippen MR) is 264 cm³/mol. The van der Waals surface area contributed by atoms with E-state index in [1.807, 2.05) is 0 Å². The van der Waals surface area contributed by atoms with Crippen LogP contribution in [0.2, 0.25) is 0 Å². The number of anilines is 2. The normalized spacial score (nSPS) is 12.9. The third-order valence-corrected chi connectivity index (χ3v) is 12.8. The Labute approximate surface area is 361 Å². The molecule has 0 atom stereocenters. The van der Waals surface area contributed by atoms with Gasteiger partial charge in [0.15, 0.2) is 0 Å². The van der Waals surface area contributed by atoms with Crippen molar-refractivity contribution in [1.29, 1.82) is 0 Å². The van der Waals surface area contributed by atoms with Crippen molar-refractivity contribution in [2.45, 2.75) is 12.8 Å². The zero-order valence-electron chi connectivity index (χ0n) is 34.2. The van der Waals surface area contributed by atoms with Crippen molar-refractivity contribution in [2.24, 2.45) is 0 Å². The Hall–Kier alpha value is -7.94. The molecule has 1 aliphatic rings. The van der Waals surface area contributed by atoms with Crippen LogP contribution in [0.4, 0.5) is 11.4 Å². The second kappa shape index (κ2) is 15.0. The number of aromatic nitrogens is 1. The maximum Gasteiger partial charge on any atom is 0.0547 e. The Morgan fingerprint density at radius 3 is 1.71 bits per heavy atom. The topological polar surface area (TPSA) is 8.17 Å². The molecule has 11 aromatic rings. The summed E-state index contributed by atoms with van der Waals surface area (Å²) in [5, 5.41) is 10.1. The maximum atomic E-state index is 2.45. The standard InChI is InChI=1S/C60H42N2/c1-2-15-41(16-3-1)44-20-14-21-50(37-44)61(49-35-31-43(32-36-49)56-39-47-19-6-7-22-51(47)53-24-8-9-25-54(53)56)48-33-29-42(30-34-48)52-23-10-12-27-58(52)62-59-28-13-11-26-55(59)57-38-45-17-4-5-18-46(45)40-60(57)62/h1-13,15-19,21-40H,14,20H2. The molecular formula is C60H42N2. The molecule has 0 aliphatic heterocycles. The molecule has 1 aliphatic carbocycles. The van der Waals surface area contributed by atoms with Gasteiger partial charge in [0.25, 0.3) is 0 Å². The molecule has 0 bridgehead atoms. The van der Waals surface area contributed by atoms with Gasteiger partial charge in [-0.3, -0.25) is 0 Å². The summed E-state index contributed by atoms with van der Waals surface area (Å²) in [4.78, 5) is 2.43. The molecular weight excluding hydrogens is 749 g/mol. The second-order valence-corrected chi connectivity index (χ2v) is 16.4. The highest BCUT2D eigenvalue weighted by Gasteiger charge is 2.20. The molecule has 1 heterocycles. The number of allylic oxidation sites excluding steroid dienone is 3. The number of rotatable bonds is 7. The molecule has 62 heavy (non-hydrogen) atoms. The molecule has 0 saturated carbocycles. The van der Waals surface area contributed by atoms with Gasteiger partial charge in [-0.2, -0.15) is 0 Å². The largest absolute Gasteiger partial charge is 0.311 e. The van der Waals surface area contributed by atoms with Crippen LogP contribution in [0, 0.1) is 0 Å². The zero-order valence-corrected chi connectivity index (χ0v) is 34.2. The first kappa shape index (κ1) is 36.0. The van der Waals surface area contributed by atoms with Crippen molar-refractivity contribution < 1.29 is 0 Å². The van der Waals surface area contributed by atoms with E-state index >= 15 is 0 Å². The quantitative estimate of drug-likeness (QED) is 0.146. The lowest BCUT2D eigenvalue weighted by Gasteiger charge is -2.29. The van der Waals surface area contributed by atoms with E-state index in [4.69, 9.17) is 0 Å². The van der Waals surface area contributed by atoms with Crippen LogP contribution in [-0.4, -0.2) is 4.57 Å². The second-order valence-electron chi connectivity index (χ2n) is 16.4. The smallest absolute Gasteiger partial charge is 0.0547 e. The van der Waals surface area contributed by atoms with Gasteiger partial charge in [-0.05, 0) is 134 Å². The van der Waals surface area contributed by atoms with Crippen molar-refractivity contribution in [3.05, 3.63) is 242 Å².